The number of carbonyl (C=O) groups is 1. The van der Waals surface area contributed by atoms with E-state index in [1.54, 1.807) is 24.4 Å². The van der Waals surface area contributed by atoms with E-state index in [1.165, 1.54) is 30.5 Å². The van der Waals surface area contributed by atoms with Gasteiger partial charge in [0, 0.05) is 28.0 Å². The van der Waals surface area contributed by atoms with Crippen LogP contribution in [0.3, 0.4) is 0 Å². The molecular formula is C21H13F3N6O2. The average molecular weight is 438 g/mol. The number of hydrogen-bond acceptors (Lipinski definition) is 4. The third kappa shape index (κ3) is 3.20. The van der Waals surface area contributed by atoms with E-state index in [0.29, 0.717) is 15.9 Å². The lowest BCUT2D eigenvalue weighted by molar-refractivity contribution is -0.143. The summed E-state index contributed by atoms with van der Waals surface area (Å²) in [5.74, 6) is -0.972. The number of amides is 1. The van der Waals surface area contributed by atoms with Crippen LogP contribution in [0.5, 0.6) is 0 Å². The fourth-order valence-electron chi connectivity index (χ4n) is 3.57. The quantitative estimate of drug-likeness (QED) is 0.397. The standard InChI is InChI=1S/C21H13F3N6O2/c22-21(23,24)18-15(20(32)28-12-5-4-11-9-26-29-16(11)8-12)10-27-30(18)17-3-1-2-14-13(17)6-7-25-19(14)31/h1-10H,(H,25,31)(H,26,29)(H,28,32). The minimum Gasteiger partial charge on any atom is -0.329 e. The molecule has 5 aromatic rings. The normalized spacial score (nSPS) is 11.8. The molecule has 0 unspecified atom stereocenters. The zero-order valence-electron chi connectivity index (χ0n) is 16.1. The Morgan fingerprint density at radius 1 is 1.06 bits per heavy atom. The number of nitrogens with zero attached hydrogens (tertiary/aromatic N) is 3. The van der Waals surface area contributed by atoms with E-state index in [2.05, 4.69) is 25.6 Å². The largest absolute Gasteiger partial charge is 0.434 e. The molecule has 2 aromatic carbocycles. The molecule has 0 radical (unpaired) electrons. The Balaban J connectivity index is 1.61. The first-order valence-corrected chi connectivity index (χ1v) is 9.33. The van der Waals surface area contributed by atoms with Crippen LogP contribution in [0.25, 0.3) is 27.4 Å². The van der Waals surface area contributed by atoms with Gasteiger partial charge in [-0.1, -0.05) is 6.07 Å². The summed E-state index contributed by atoms with van der Waals surface area (Å²) in [5, 5.41) is 14.2. The molecular weight excluding hydrogens is 425 g/mol. The van der Waals surface area contributed by atoms with Gasteiger partial charge in [0.15, 0.2) is 5.69 Å². The summed E-state index contributed by atoms with van der Waals surface area (Å²) in [6.45, 7) is 0. The Morgan fingerprint density at radius 2 is 1.91 bits per heavy atom. The molecule has 8 nitrogen and oxygen atoms in total. The van der Waals surface area contributed by atoms with E-state index in [1.807, 2.05) is 0 Å². The molecule has 0 fully saturated rings. The summed E-state index contributed by atoms with van der Waals surface area (Å²) < 4.78 is 42.8. The van der Waals surface area contributed by atoms with Gasteiger partial charge >= 0.3 is 6.18 Å². The van der Waals surface area contributed by atoms with Gasteiger partial charge in [-0.25, -0.2) is 4.68 Å². The molecule has 32 heavy (non-hydrogen) atoms. The maximum atomic E-state index is 14.1. The van der Waals surface area contributed by atoms with Gasteiger partial charge in [0.25, 0.3) is 11.5 Å². The number of fused-ring (bicyclic) bond motifs is 2. The predicted molar refractivity (Wildman–Crippen MR) is 111 cm³/mol. The van der Waals surface area contributed by atoms with Crippen molar-refractivity contribution < 1.29 is 18.0 Å². The number of alkyl halides is 3. The molecule has 0 aliphatic rings. The molecule has 0 saturated carbocycles. The lowest BCUT2D eigenvalue weighted by Gasteiger charge is -2.14. The van der Waals surface area contributed by atoms with Crippen molar-refractivity contribution in [1.29, 1.82) is 0 Å². The Bertz CT molecular complexity index is 1550. The van der Waals surface area contributed by atoms with E-state index in [-0.39, 0.29) is 16.5 Å². The topological polar surface area (TPSA) is 108 Å². The van der Waals surface area contributed by atoms with Gasteiger partial charge in [0.1, 0.15) is 0 Å². The van der Waals surface area contributed by atoms with E-state index in [9.17, 15) is 22.8 Å². The molecule has 5 rings (SSSR count). The van der Waals surface area contributed by atoms with Crippen LogP contribution in [0, 0.1) is 0 Å². The number of H-pyrrole nitrogens is 2. The van der Waals surface area contributed by atoms with Gasteiger partial charge in [-0.15, -0.1) is 0 Å². The minimum atomic E-state index is -4.89. The zero-order chi connectivity index (χ0) is 22.5. The van der Waals surface area contributed by atoms with Crippen molar-refractivity contribution in [3.8, 4) is 5.69 Å². The summed E-state index contributed by atoms with van der Waals surface area (Å²) in [5.41, 5.74) is -1.40. The van der Waals surface area contributed by atoms with E-state index in [4.69, 9.17) is 0 Å². The fraction of sp³-hybridized carbons (Fsp3) is 0.0476. The highest BCUT2D eigenvalue weighted by atomic mass is 19.4. The Labute approximate surface area is 176 Å². The fourth-order valence-corrected chi connectivity index (χ4v) is 3.57. The van der Waals surface area contributed by atoms with Gasteiger partial charge in [0.05, 0.1) is 29.2 Å². The molecule has 3 heterocycles. The highest BCUT2D eigenvalue weighted by Crippen LogP contribution is 2.35. The van der Waals surface area contributed by atoms with Crippen molar-refractivity contribution >= 4 is 33.3 Å². The predicted octanol–water partition coefficient (Wildman–Crippen LogP) is 3.86. The second-order valence-corrected chi connectivity index (χ2v) is 6.99. The summed E-state index contributed by atoms with van der Waals surface area (Å²) in [6, 6.07) is 10.6. The van der Waals surface area contributed by atoms with Crippen molar-refractivity contribution in [3.05, 3.63) is 82.7 Å². The third-order valence-corrected chi connectivity index (χ3v) is 5.00. The maximum absolute atomic E-state index is 14.1. The van der Waals surface area contributed by atoms with Crippen molar-refractivity contribution in [2.45, 2.75) is 6.18 Å². The van der Waals surface area contributed by atoms with Gasteiger partial charge in [-0.2, -0.15) is 23.4 Å². The number of carbonyl (C=O) groups excluding carboxylic acids is 1. The zero-order valence-corrected chi connectivity index (χ0v) is 16.1. The van der Waals surface area contributed by atoms with Crippen LogP contribution >= 0.6 is 0 Å². The lowest BCUT2D eigenvalue weighted by Crippen LogP contribution is -2.21. The number of benzene rings is 2. The highest BCUT2D eigenvalue weighted by Gasteiger charge is 2.41. The minimum absolute atomic E-state index is 0.0267. The molecule has 1 amide bonds. The summed E-state index contributed by atoms with van der Waals surface area (Å²) in [4.78, 5) is 27.3. The smallest absolute Gasteiger partial charge is 0.329 e. The third-order valence-electron chi connectivity index (χ3n) is 5.00. The number of hydrogen-bond donors (Lipinski definition) is 3. The molecule has 3 N–H and O–H groups in total. The van der Waals surface area contributed by atoms with Crippen molar-refractivity contribution in [2.24, 2.45) is 0 Å². The highest BCUT2D eigenvalue weighted by molar-refractivity contribution is 6.06. The van der Waals surface area contributed by atoms with Crippen LogP contribution < -0.4 is 10.9 Å². The monoisotopic (exact) mass is 438 g/mol. The molecule has 0 bridgehead atoms. The average Bonchev–Trinajstić information content (AvgIpc) is 3.40. The number of rotatable bonds is 3. The van der Waals surface area contributed by atoms with Crippen LogP contribution in [-0.4, -0.2) is 30.9 Å². The number of aromatic amines is 2. The van der Waals surface area contributed by atoms with Gasteiger partial charge in [-0.3, -0.25) is 14.7 Å². The van der Waals surface area contributed by atoms with Gasteiger partial charge < -0.3 is 10.3 Å². The summed E-state index contributed by atoms with van der Waals surface area (Å²) in [6.07, 6.45) is -1.11. The van der Waals surface area contributed by atoms with E-state index >= 15 is 0 Å². The molecule has 3 aromatic heterocycles. The SMILES string of the molecule is O=C(Nc1ccc2cn[nH]c2c1)c1cnn(-c2cccc3c(=O)[nH]ccc23)c1C(F)(F)F. The van der Waals surface area contributed by atoms with Crippen molar-refractivity contribution in [1.82, 2.24) is 25.0 Å². The summed E-state index contributed by atoms with van der Waals surface area (Å²) >= 11 is 0. The van der Waals surface area contributed by atoms with Crippen molar-refractivity contribution in [2.75, 3.05) is 5.32 Å². The molecule has 0 aliphatic heterocycles. The van der Waals surface area contributed by atoms with Crippen LogP contribution in [-0.2, 0) is 6.18 Å². The van der Waals surface area contributed by atoms with Crippen LogP contribution in [0.1, 0.15) is 16.1 Å². The second-order valence-electron chi connectivity index (χ2n) is 6.99. The van der Waals surface area contributed by atoms with Crippen LogP contribution in [0.4, 0.5) is 18.9 Å². The van der Waals surface area contributed by atoms with Crippen LogP contribution in [0.2, 0.25) is 0 Å². The first-order chi connectivity index (χ1) is 15.3. The van der Waals surface area contributed by atoms with E-state index in [0.717, 1.165) is 11.6 Å². The molecule has 0 atom stereocenters. The molecule has 11 heteroatoms. The molecule has 0 spiro atoms. The van der Waals surface area contributed by atoms with Crippen LogP contribution in [0.15, 0.2) is 65.8 Å². The Morgan fingerprint density at radius 3 is 2.72 bits per heavy atom. The molecule has 0 aliphatic carbocycles. The Kier molecular flexibility index (Phi) is 4.33. The van der Waals surface area contributed by atoms with Gasteiger partial charge in [0.2, 0.25) is 0 Å². The molecule has 0 saturated heterocycles. The number of nitrogens with one attached hydrogen (secondary N) is 3. The van der Waals surface area contributed by atoms with Crippen molar-refractivity contribution in [3.63, 3.8) is 0 Å². The second kappa shape index (κ2) is 7.08. The number of pyridine rings is 1. The van der Waals surface area contributed by atoms with E-state index < -0.39 is 28.9 Å². The van der Waals surface area contributed by atoms with Gasteiger partial charge in [-0.05, 0) is 36.4 Å². The first kappa shape index (κ1) is 19.5. The first-order valence-electron chi connectivity index (χ1n) is 9.33. The molecule has 160 valence electrons. The lowest BCUT2D eigenvalue weighted by atomic mass is 10.1. The summed E-state index contributed by atoms with van der Waals surface area (Å²) in [7, 11) is 0. The number of aromatic nitrogens is 5. The Hall–Kier alpha value is -4.41. The number of halogens is 3. The number of anilines is 1. The maximum Gasteiger partial charge on any atom is 0.434 e.